The Labute approximate surface area is 103 Å². The van der Waals surface area contributed by atoms with Crippen LogP contribution in [0.1, 0.15) is 15.9 Å². The summed E-state index contributed by atoms with van der Waals surface area (Å²) < 4.78 is 24.1. The maximum Gasteiger partial charge on any atom is 0.335 e. The van der Waals surface area contributed by atoms with Gasteiger partial charge < -0.3 is 10.0 Å². The average Bonchev–Trinajstić information content (AvgIpc) is 2.28. The summed E-state index contributed by atoms with van der Waals surface area (Å²) in [5.41, 5.74) is 0.707. The van der Waals surface area contributed by atoms with E-state index in [1.54, 1.807) is 0 Å². The van der Waals surface area contributed by atoms with Gasteiger partial charge in [-0.15, -0.1) is 0 Å². The van der Waals surface area contributed by atoms with Gasteiger partial charge in [-0.3, -0.25) is 4.79 Å². The van der Waals surface area contributed by atoms with Crippen molar-refractivity contribution in [1.82, 2.24) is 4.90 Å². The van der Waals surface area contributed by atoms with Crippen LogP contribution in [-0.2, 0) is 11.2 Å². The molecule has 0 saturated carbocycles. The summed E-state index contributed by atoms with van der Waals surface area (Å²) in [6.45, 7) is -0.605. The number of rotatable bonds is 5. The van der Waals surface area contributed by atoms with Crippen LogP contribution in [-0.4, -0.2) is 41.9 Å². The molecule has 6 heteroatoms. The van der Waals surface area contributed by atoms with Gasteiger partial charge in [0.05, 0.1) is 18.5 Å². The second kappa shape index (κ2) is 6.09. The van der Waals surface area contributed by atoms with Crippen molar-refractivity contribution in [3.05, 3.63) is 35.4 Å². The van der Waals surface area contributed by atoms with Gasteiger partial charge in [-0.1, -0.05) is 12.1 Å². The quantitative estimate of drug-likeness (QED) is 0.872. The van der Waals surface area contributed by atoms with Crippen molar-refractivity contribution in [2.45, 2.75) is 12.8 Å². The lowest BCUT2D eigenvalue weighted by Gasteiger charge is -2.16. The molecule has 0 heterocycles. The monoisotopic (exact) mass is 257 g/mol. The molecule has 0 fully saturated rings. The Bertz CT molecular complexity index is 431. The van der Waals surface area contributed by atoms with Crippen LogP contribution in [0.25, 0.3) is 0 Å². The standard InChI is InChI=1S/C12H13F2NO3/c1-15(7-10(13)14)11(16)6-8-2-4-9(5-3-8)12(17)18/h2-5,10H,6-7H2,1H3,(H,17,18). The van der Waals surface area contributed by atoms with Gasteiger partial charge in [-0.05, 0) is 17.7 Å². The first kappa shape index (κ1) is 14.1. The van der Waals surface area contributed by atoms with Gasteiger partial charge in [0, 0.05) is 7.05 Å². The number of likely N-dealkylation sites (N-methyl/N-ethyl adjacent to an activating group) is 1. The summed E-state index contributed by atoms with van der Waals surface area (Å²) in [5.74, 6) is -1.49. The fourth-order valence-corrected chi connectivity index (χ4v) is 1.38. The normalized spacial score (nSPS) is 10.4. The van der Waals surface area contributed by atoms with E-state index >= 15 is 0 Å². The summed E-state index contributed by atoms with van der Waals surface area (Å²) in [5, 5.41) is 8.69. The largest absolute Gasteiger partial charge is 0.478 e. The van der Waals surface area contributed by atoms with Crippen LogP contribution >= 0.6 is 0 Å². The molecule has 0 unspecified atom stereocenters. The third-order valence-electron chi connectivity index (χ3n) is 2.39. The minimum absolute atomic E-state index is 0.0247. The highest BCUT2D eigenvalue weighted by Gasteiger charge is 2.14. The van der Waals surface area contributed by atoms with Crippen LogP contribution in [0.15, 0.2) is 24.3 Å². The smallest absolute Gasteiger partial charge is 0.335 e. The summed E-state index contributed by atoms with van der Waals surface area (Å²) in [6, 6.07) is 5.74. The lowest BCUT2D eigenvalue weighted by atomic mass is 10.1. The molecule has 0 aromatic heterocycles. The Morgan fingerprint density at radius 2 is 1.83 bits per heavy atom. The van der Waals surface area contributed by atoms with Gasteiger partial charge in [-0.25, -0.2) is 13.6 Å². The number of hydrogen-bond donors (Lipinski definition) is 1. The molecule has 0 aliphatic rings. The predicted octanol–water partition coefficient (Wildman–Crippen LogP) is 1.65. The first-order valence-corrected chi connectivity index (χ1v) is 5.24. The van der Waals surface area contributed by atoms with E-state index in [0.29, 0.717) is 5.56 Å². The van der Waals surface area contributed by atoms with Crippen LogP contribution in [0.3, 0.4) is 0 Å². The number of amides is 1. The summed E-state index contributed by atoms with van der Waals surface area (Å²) in [6.07, 6.45) is -2.59. The van der Waals surface area contributed by atoms with Crippen molar-refractivity contribution in [2.75, 3.05) is 13.6 Å². The lowest BCUT2D eigenvalue weighted by Crippen LogP contribution is -2.32. The second-order valence-electron chi connectivity index (χ2n) is 3.84. The molecule has 1 aromatic rings. The molecule has 0 bridgehead atoms. The first-order valence-electron chi connectivity index (χ1n) is 5.24. The van der Waals surface area contributed by atoms with E-state index < -0.39 is 24.8 Å². The molecule has 1 rings (SSSR count). The second-order valence-corrected chi connectivity index (χ2v) is 3.84. The Hall–Kier alpha value is -1.98. The van der Waals surface area contributed by atoms with Crippen LogP contribution in [0.4, 0.5) is 8.78 Å². The Morgan fingerprint density at radius 3 is 2.28 bits per heavy atom. The number of benzene rings is 1. The molecular formula is C12H13F2NO3. The van der Waals surface area contributed by atoms with Crippen LogP contribution in [0, 0.1) is 0 Å². The minimum Gasteiger partial charge on any atom is -0.478 e. The van der Waals surface area contributed by atoms with Crippen molar-refractivity contribution in [1.29, 1.82) is 0 Å². The minimum atomic E-state index is -2.56. The molecule has 0 spiro atoms. The van der Waals surface area contributed by atoms with Crippen molar-refractivity contribution in [3.63, 3.8) is 0 Å². The highest BCUT2D eigenvalue weighted by molar-refractivity contribution is 5.87. The van der Waals surface area contributed by atoms with Crippen molar-refractivity contribution in [3.8, 4) is 0 Å². The van der Waals surface area contributed by atoms with E-state index in [9.17, 15) is 18.4 Å². The number of alkyl halides is 2. The van der Waals surface area contributed by atoms with E-state index in [0.717, 1.165) is 4.90 Å². The molecule has 1 amide bonds. The number of carbonyl (C=O) groups excluding carboxylic acids is 1. The third kappa shape index (κ3) is 4.12. The topological polar surface area (TPSA) is 57.6 Å². The van der Waals surface area contributed by atoms with Gasteiger partial charge >= 0.3 is 5.97 Å². The van der Waals surface area contributed by atoms with Crippen molar-refractivity contribution in [2.24, 2.45) is 0 Å². The van der Waals surface area contributed by atoms with E-state index in [4.69, 9.17) is 5.11 Å². The number of carbonyl (C=O) groups is 2. The van der Waals surface area contributed by atoms with E-state index in [1.807, 2.05) is 0 Å². The molecule has 4 nitrogen and oxygen atoms in total. The fraction of sp³-hybridized carbons (Fsp3) is 0.333. The fourth-order valence-electron chi connectivity index (χ4n) is 1.38. The molecule has 0 radical (unpaired) electrons. The number of aromatic carboxylic acids is 1. The van der Waals surface area contributed by atoms with Gasteiger partial charge in [0.15, 0.2) is 0 Å². The molecule has 0 aliphatic heterocycles. The van der Waals surface area contributed by atoms with Gasteiger partial charge in [-0.2, -0.15) is 0 Å². The predicted molar refractivity (Wildman–Crippen MR) is 60.7 cm³/mol. The number of hydrogen-bond acceptors (Lipinski definition) is 2. The van der Waals surface area contributed by atoms with Crippen LogP contribution in [0.2, 0.25) is 0 Å². The zero-order chi connectivity index (χ0) is 13.7. The van der Waals surface area contributed by atoms with Crippen molar-refractivity contribution >= 4 is 11.9 Å². The molecule has 0 saturated heterocycles. The average molecular weight is 257 g/mol. The van der Waals surface area contributed by atoms with Crippen LogP contribution in [0.5, 0.6) is 0 Å². The summed E-state index contributed by atoms with van der Waals surface area (Å²) in [7, 11) is 1.31. The summed E-state index contributed by atoms with van der Waals surface area (Å²) >= 11 is 0. The maximum atomic E-state index is 12.1. The van der Waals surface area contributed by atoms with Crippen molar-refractivity contribution < 1.29 is 23.5 Å². The molecule has 0 aliphatic carbocycles. The number of carboxylic acid groups (broad SMARTS) is 1. The van der Waals surface area contributed by atoms with E-state index in [-0.39, 0.29) is 12.0 Å². The molecular weight excluding hydrogens is 244 g/mol. The van der Waals surface area contributed by atoms with E-state index in [1.165, 1.54) is 31.3 Å². The number of carboxylic acids is 1. The molecule has 1 aromatic carbocycles. The first-order chi connectivity index (χ1) is 8.40. The number of halogens is 2. The summed E-state index contributed by atoms with van der Waals surface area (Å²) in [4.78, 5) is 23.1. The third-order valence-corrected chi connectivity index (χ3v) is 2.39. The molecule has 0 atom stereocenters. The molecule has 1 N–H and O–H groups in total. The Morgan fingerprint density at radius 1 is 1.28 bits per heavy atom. The van der Waals surface area contributed by atoms with Gasteiger partial charge in [0.1, 0.15) is 0 Å². The van der Waals surface area contributed by atoms with Crippen LogP contribution < -0.4 is 0 Å². The highest BCUT2D eigenvalue weighted by Crippen LogP contribution is 2.07. The van der Waals surface area contributed by atoms with E-state index in [2.05, 4.69) is 0 Å². The lowest BCUT2D eigenvalue weighted by molar-refractivity contribution is -0.130. The zero-order valence-electron chi connectivity index (χ0n) is 9.77. The van der Waals surface area contributed by atoms with Gasteiger partial charge in [0.2, 0.25) is 5.91 Å². The Kier molecular flexibility index (Phi) is 4.76. The highest BCUT2D eigenvalue weighted by atomic mass is 19.3. The SMILES string of the molecule is CN(CC(F)F)C(=O)Cc1ccc(C(=O)O)cc1. The molecule has 98 valence electrons. The maximum absolute atomic E-state index is 12.1. The number of nitrogens with zero attached hydrogens (tertiary/aromatic N) is 1. The Balaban J connectivity index is 2.62. The molecule has 18 heavy (non-hydrogen) atoms. The zero-order valence-corrected chi connectivity index (χ0v) is 9.77. The van der Waals surface area contributed by atoms with Gasteiger partial charge in [0.25, 0.3) is 6.43 Å².